The first-order chi connectivity index (χ1) is 22.6. The summed E-state index contributed by atoms with van der Waals surface area (Å²) >= 11 is 0. The molecule has 4 aliphatic heterocycles. The van der Waals surface area contributed by atoms with E-state index >= 15 is 0 Å². The van der Waals surface area contributed by atoms with Gasteiger partial charge in [0.05, 0.1) is 5.41 Å². The summed E-state index contributed by atoms with van der Waals surface area (Å²) in [6, 6.07) is 14.1. The first kappa shape index (κ1) is 33.2. The molecular formula is C38H51N5O4. The van der Waals surface area contributed by atoms with Gasteiger partial charge in [0.1, 0.15) is 0 Å². The van der Waals surface area contributed by atoms with Crippen molar-refractivity contribution in [3.63, 3.8) is 0 Å². The maximum Gasteiger partial charge on any atom is 0.322 e. The monoisotopic (exact) mass is 641 g/mol. The molecule has 4 aliphatic rings. The van der Waals surface area contributed by atoms with Gasteiger partial charge in [-0.1, -0.05) is 41.8 Å². The molecule has 0 bridgehead atoms. The Morgan fingerprint density at radius 2 is 1.40 bits per heavy atom. The molecule has 3 saturated heterocycles. The van der Waals surface area contributed by atoms with Crippen LogP contribution >= 0.6 is 0 Å². The van der Waals surface area contributed by atoms with E-state index in [1.807, 2.05) is 77.9 Å². The van der Waals surface area contributed by atoms with Crippen LogP contribution in [0.3, 0.4) is 0 Å². The smallest absolute Gasteiger partial charge is 0.322 e. The van der Waals surface area contributed by atoms with Crippen molar-refractivity contribution in [1.29, 1.82) is 0 Å². The summed E-state index contributed by atoms with van der Waals surface area (Å²) < 4.78 is 0. The maximum absolute atomic E-state index is 14.4. The van der Waals surface area contributed by atoms with Crippen LogP contribution in [0.2, 0.25) is 0 Å². The third kappa shape index (κ3) is 7.56. The van der Waals surface area contributed by atoms with Crippen molar-refractivity contribution >= 4 is 29.3 Å². The molecule has 1 atom stereocenters. The zero-order valence-electron chi connectivity index (χ0n) is 28.4. The lowest BCUT2D eigenvalue weighted by Gasteiger charge is -2.43. The zero-order chi connectivity index (χ0) is 33.1. The predicted molar refractivity (Wildman–Crippen MR) is 183 cm³/mol. The average molecular weight is 642 g/mol. The quantitative estimate of drug-likeness (QED) is 0.369. The number of rotatable bonds is 8. The standard InChI is InChI=1S/C38H51N5O4/c1-27-21-28(2)23-30(22-27)34(44)24-38(3,36(46)42-19-11-31(12-20-42)40-15-7-4-8-16-40)25-35(45)41-17-13-32(14-18-41)43-26-29-9-5-6-10-33(29)39-37(43)47/h5-6,9-10,21-23,31-32H,4,7-8,11-20,24-26H2,1-3H3,(H,39,47)/t38-/m0/s1. The van der Waals surface area contributed by atoms with Crippen molar-refractivity contribution in [2.24, 2.45) is 5.41 Å². The molecule has 252 valence electrons. The van der Waals surface area contributed by atoms with E-state index in [-0.39, 0.29) is 42.5 Å². The predicted octanol–water partition coefficient (Wildman–Crippen LogP) is 5.79. The first-order valence-electron chi connectivity index (χ1n) is 17.7. The normalized spacial score (nSPS) is 21.2. The summed E-state index contributed by atoms with van der Waals surface area (Å²) in [4.78, 5) is 63.2. The van der Waals surface area contributed by atoms with E-state index in [2.05, 4.69) is 10.2 Å². The van der Waals surface area contributed by atoms with Gasteiger partial charge in [0.15, 0.2) is 5.78 Å². The Morgan fingerprint density at radius 3 is 2.09 bits per heavy atom. The fourth-order valence-corrected chi connectivity index (χ4v) is 8.30. The number of ketones is 1. The molecule has 0 aliphatic carbocycles. The maximum atomic E-state index is 14.4. The Kier molecular flexibility index (Phi) is 10.0. The fourth-order valence-electron chi connectivity index (χ4n) is 8.30. The summed E-state index contributed by atoms with van der Waals surface area (Å²) in [5, 5.41) is 3.01. The number of para-hydroxylation sites is 1. The van der Waals surface area contributed by atoms with E-state index in [1.165, 1.54) is 19.3 Å². The zero-order valence-corrected chi connectivity index (χ0v) is 28.4. The molecule has 2 aromatic rings. The molecule has 3 fully saturated rings. The van der Waals surface area contributed by atoms with Gasteiger partial charge in [-0.15, -0.1) is 0 Å². The Labute approximate surface area is 279 Å². The van der Waals surface area contributed by atoms with E-state index in [9.17, 15) is 19.2 Å². The van der Waals surface area contributed by atoms with Crippen LogP contribution in [0.4, 0.5) is 10.5 Å². The molecule has 9 nitrogen and oxygen atoms in total. The van der Waals surface area contributed by atoms with Crippen LogP contribution in [0.15, 0.2) is 42.5 Å². The molecular weight excluding hydrogens is 590 g/mol. The molecule has 0 aromatic heterocycles. The van der Waals surface area contributed by atoms with Crippen molar-refractivity contribution in [1.82, 2.24) is 19.6 Å². The highest BCUT2D eigenvalue weighted by Crippen LogP contribution is 2.35. The number of hydrogen-bond acceptors (Lipinski definition) is 5. The minimum absolute atomic E-state index is 0.00331. The molecule has 2 aromatic carbocycles. The molecule has 4 heterocycles. The number of amides is 4. The van der Waals surface area contributed by atoms with E-state index in [4.69, 9.17) is 0 Å². The SMILES string of the molecule is Cc1cc(C)cc(C(=O)C[C@@](C)(CC(=O)N2CCC(N3Cc4ccccc4NC3=O)CC2)C(=O)N2CCC(N3CCCCC3)CC2)c1. The molecule has 47 heavy (non-hydrogen) atoms. The number of nitrogens with one attached hydrogen (secondary N) is 1. The van der Waals surface area contributed by atoms with Crippen LogP contribution in [0.5, 0.6) is 0 Å². The Hall–Kier alpha value is -3.72. The van der Waals surface area contributed by atoms with Crippen molar-refractivity contribution in [2.75, 3.05) is 44.6 Å². The summed E-state index contributed by atoms with van der Waals surface area (Å²) in [5.74, 6) is -0.276. The van der Waals surface area contributed by atoms with Crippen molar-refractivity contribution in [2.45, 2.75) is 97.2 Å². The fraction of sp³-hybridized carbons (Fsp3) is 0.579. The number of likely N-dealkylation sites (tertiary alicyclic amines) is 3. The molecule has 6 rings (SSSR count). The van der Waals surface area contributed by atoms with Gasteiger partial charge in [-0.25, -0.2) is 4.79 Å². The van der Waals surface area contributed by atoms with E-state index < -0.39 is 5.41 Å². The summed E-state index contributed by atoms with van der Waals surface area (Å²) in [6.45, 7) is 11.0. The number of hydrogen-bond donors (Lipinski definition) is 1. The van der Waals surface area contributed by atoms with Crippen LogP contribution in [-0.4, -0.2) is 94.6 Å². The second-order valence-electron chi connectivity index (χ2n) is 14.7. The van der Waals surface area contributed by atoms with Crippen LogP contribution in [0.1, 0.15) is 91.8 Å². The number of anilines is 1. The molecule has 1 N–H and O–H groups in total. The van der Waals surface area contributed by atoms with Crippen LogP contribution in [-0.2, 0) is 16.1 Å². The van der Waals surface area contributed by atoms with Gasteiger partial charge in [-0.2, -0.15) is 0 Å². The first-order valence-corrected chi connectivity index (χ1v) is 17.7. The summed E-state index contributed by atoms with van der Waals surface area (Å²) in [5.41, 5.74) is 3.42. The van der Waals surface area contributed by atoms with Crippen molar-refractivity contribution in [3.05, 3.63) is 64.7 Å². The minimum atomic E-state index is -1.14. The third-order valence-corrected chi connectivity index (χ3v) is 10.9. The number of carbonyl (C=O) groups excluding carboxylic acids is 4. The van der Waals surface area contributed by atoms with Gasteiger partial charge in [0.25, 0.3) is 0 Å². The lowest BCUT2D eigenvalue weighted by atomic mass is 9.77. The van der Waals surface area contributed by atoms with E-state index in [1.54, 1.807) is 0 Å². The molecule has 0 radical (unpaired) electrons. The van der Waals surface area contributed by atoms with Crippen LogP contribution in [0.25, 0.3) is 0 Å². The number of carbonyl (C=O) groups is 4. The highest BCUT2D eigenvalue weighted by molar-refractivity contribution is 6.01. The lowest BCUT2D eigenvalue weighted by Crippen LogP contribution is -2.53. The Bertz CT molecular complexity index is 1470. The second kappa shape index (κ2) is 14.2. The number of benzene rings is 2. The highest BCUT2D eigenvalue weighted by Gasteiger charge is 2.43. The summed E-state index contributed by atoms with van der Waals surface area (Å²) in [6.07, 6.45) is 7.01. The number of aryl methyl sites for hydroxylation is 2. The molecule has 4 amide bonds. The lowest BCUT2D eigenvalue weighted by molar-refractivity contribution is -0.149. The largest absolute Gasteiger partial charge is 0.343 e. The number of urea groups is 1. The van der Waals surface area contributed by atoms with Gasteiger partial charge in [0, 0.05) is 68.9 Å². The van der Waals surface area contributed by atoms with Gasteiger partial charge >= 0.3 is 6.03 Å². The van der Waals surface area contributed by atoms with Crippen molar-refractivity contribution in [3.8, 4) is 0 Å². The van der Waals surface area contributed by atoms with Gasteiger partial charge in [0.2, 0.25) is 11.8 Å². The van der Waals surface area contributed by atoms with Crippen LogP contribution < -0.4 is 5.32 Å². The second-order valence-corrected chi connectivity index (χ2v) is 14.7. The summed E-state index contributed by atoms with van der Waals surface area (Å²) in [7, 11) is 0. The van der Waals surface area contributed by atoms with Crippen molar-refractivity contribution < 1.29 is 19.2 Å². The molecule has 0 saturated carbocycles. The van der Waals surface area contributed by atoms with Gasteiger partial charge < -0.3 is 24.9 Å². The Morgan fingerprint density at radius 1 is 0.787 bits per heavy atom. The van der Waals surface area contributed by atoms with Gasteiger partial charge in [-0.3, -0.25) is 14.4 Å². The van der Waals surface area contributed by atoms with Crippen LogP contribution in [0, 0.1) is 19.3 Å². The van der Waals surface area contributed by atoms with Gasteiger partial charge in [-0.05, 0) is 96.1 Å². The highest BCUT2D eigenvalue weighted by atomic mass is 16.2. The number of Topliss-reactive ketones (excluding diaryl/α,β-unsaturated/α-hetero) is 1. The average Bonchev–Trinajstić information content (AvgIpc) is 3.07. The molecule has 0 unspecified atom stereocenters. The van der Waals surface area contributed by atoms with E-state index in [0.29, 0.717) is 57.2 Å². The number of nitrogens with zero attached hydrogens (tertiary/aromatic N) is 4. The number of piperidine rings is 3. The topological polar surface area (TPSA) is 93.3 Å². The molecule has 9 heteroatoms. The minimum Gasteiger partial charge on any atom is -0.343 e. The number of fused-ring (bicyclic) bond motifs is 1. The Balaban J connectivity index is 1.12. The van der Waals surface area contributed by atoms with E-state index in [0.717, 1.165) is 48.3 Å². The molecule has 0 spiro atoms. The third-order valence-electron chi connectivity index (χ3n) is 10.9.